The van der Waals surface area contributed by atoms with Crippen LogP contribution < -0.4 is 4.74 Å². The molecule has 0 bridgehead atoms. The predicted octanol–water partition coefficient (Wildman–Crippen LogP) is 3.30. The van der Waals surface area contributed by atoms with E-state index in [2.05, 4.69) is 0 Å². The van der Waals surface area contributed by atoms with E-state index in [4.69, 9.17) is 16.3 Å². The van der Waals surface area contributed by atoms with Crippen LogP contribution in [0.2, 0.25) is 5.02 Å². The highest BCUT2D eigenvalue weighted by Gasteiger charge is 2.26. The van der Waals surface area contributed by atoms with Gasteiger partial charge in [-0.05, 0) is 24.3 Å². The van der Waals surface area contributed by atoms with Crippen molar-refractivity contribution < 1.29 is 14.3 Å². The van der Waals surface area contributed by atoms with Gasteiger partial charge in [0.05, 0.1) is 10.6 Å². The van der Waals surface area contributed by atoms with E-state index in [1.807, 2.05) is 18.2 Å². The number of amides is 2. The molecule has 0 aliphatic carbocycles. The van der Waals surface area contributed by atoms with Crippen LogP contribution in [0, 0.1) is 0 Å². The molecule has 1 heterocycles. The highest BCUT2D eigenvalue weighted by Crippen LogP contribution is 2.18. The van der Waals surface area contributed by atoms with Crippen LogP contribution >= 0.6 is 11.6 Å². The summed E-state index contributed by atoms with van der Waals surface area (Å²) >= 11 is 6.08. The van der Waals surface area contributed by atoms with E-state index >= 15 is 0 Å². The van der Waals surface area contributed by atoms with Crippen molar-refractivity contribution in [1.82, 2.24) is 9.80 Å². The van der Waals surface area contributed by atoms with Gasteiger partial charge < -0.3 is 14.5 Å². The fourth-order valence-electron chi connectivity index (χ4n) is 2.55. The Morgan fingerprint density at radius 1 is 0.833 bits per heavy atom. The Kier molecular flexibility index (Phi) is 5.01. The summed E-state index contributed by atoms with van der Waals surface area (Å²) in [5.41, 5.74) is 0.486. The number of piperazine rings is 1. The van der Waals surface area contributed by atoms with Crippen LogP contribution in [0.3, 0.4) is 0 Å². The van der Waals surface area contributed by atoms with Gasteiger partial charge >= 0.3 is 6.09 Å². The average Bonchev–Trinajstić information content (AvgIpc) is 2.62. The normalized spacial score (nSPS) is 14.4. The maximum atomic E-state index is 12.5. The van der Waals surface area contributed by atoms with Gasteiger partial charge in [-0.1, -0.05) is 41.9 Å². The zero-order valence-electron chi connectivity index (χ0n) is 13.0. The van der Waals surface area contributed by atoms with Crippen molar-refractivity contribution in [2.24, 2.45) is 0 Å². The Labute approximate surface area is 145 Å². The van der Waals surface area contributed by atoms with Crippen molar-refractivity contribution in [1.29, 1.82) is 0 Å². The predicted molar refractivity (Wildman–Crippen MR) is 91.4 cm³/mol. The number of halogens is 1. The molecule has 0 radical (unpaired) electrons. The fraction of sp³-hybridized carbons (Fsp3) is 0.222. The Hall–Kier alpha value is -2.53. The molecule has 2 aromatic rings. The van der Waals surface area contributed by atoms with Crippen molar-refractivity contribution in [3.63, 3.8) is 0 Å². The van der Waals surface area contributed by atoms with E-state index in [1.165, 1.54) is 0 Å². The van der Waals surface area contributed by atoms with Crippen molar-refractivity contribution in [3.05, 3.63) is 65.2 Å². The Morgan fingerprint density at radius 2 is 1.42 bits per heavy atom. The summed E-state index contributed by atoms with van der Waals surface area (Å²) in [6.07, 6.45) is -0.397. The standard InChI is InChI=1S/C18H17ClN2O3/c19-16-9-5-4-8-15(16)17(22)20-10-12-21(13-11-20)18(23)24-14-6-2-1-3-7-14/h1-9H,10-13H2. The monoisotopic (exact) mass is 344 g/mol. The van der Waals surface area contributed by atoms with Crippen molar-refractivity contribution in [2.45, 2.75) is 0 Å². The number of nitrogens with zero attached hydrogens (tertiary/aromatic N) is 2. The van der Waals surface area contributed by atoms with Gasteiger partial charge in [-0.15, -0.1) is 0 Å². The Bertz CT molecular complexity index is 728. The van der Waals surface area contributed by atoms with Gasteiger partial charge in [0.2, 0.25) is 0 Å². The van der Waals surface area contributed by atoms with Crippen molar-refractivity contribution >= 4 is 23.6 Å². The lowest BCUT2D eigenvalue weighted by atomic mass is 10.2. The summed E-state index contributed by atoms with van der Waals surface area (Å²) in [7, 11) is 0. The van der Waals surface area contributed by atoms with Crippen LogP contribution in [-0.4, -0.2) is 48.0 Å². The summed E-state index contributed by atoms with van der Waals surface area (Å²) in [4.78, 5) is 27.9. The number of ether oxygens (including phenoxy) is 1. The lowest BCUT2D eigenvalue weighted by molar-refractivity contribution is 0.0633. The Morgan fingerprint density at radius 3 is 2.08 bits per heavy atom. The first-order valence-electron chi connectivity index (χ1n) is 7.71. The van der Waals surface area contributed by atoms with E-state index in [0.29, 0.717) is 42.5 Å². The first-order valence-corrected chi connectivity index (χ1v) is 8.08. The number of para-hydroxylation sites is 1. The molecule has 0 aromatic heterocycles. The van der Waals surface area contributed by atoms with Crippen LogP contribution in [-0.2, 0) is 0 Å². The SMILES string of the molecule is O=C(Oc1ccccc1)N1CCN(C(=O)c2ccccc2Cl)CC1. The summed E-state index contributed by atoms with van der Waals surface area (Å²) in [6.45, 7) is 1.77. The largest absolute Gasteiger partial charge is 0.415 e. The summed E-state index contributed by atoms with van der Waals surface area (Å²) in [6, 6.07) is 15.9. The third-order valence-corrected chi connectivity index (χ3v) is 4.21. The molecule has 0 unspecified atom stereocenters. The quantitative estimate of drug-likeness (QED) is 0.840. The van der Waals surface area contributed by atoms with Gasteiger partial charge in [0.1, 0.15) is 5.75 Å². The van der Waals surface area contributed by atoms with E-state index < -0.39 is 6.09 Å². The highest BCUT2D eigenvalue weighted by molar-refractivity contribution is 6.33. The molecule has 5 nitrogen and oxygen atoms in total. The zero-order valence-corrected chi connectivity index (χ0v) is 13.8. The number of carbonyl (C=O) groups excluding carboxylic acids is 2. The van der Waals surface area contributed by atoms with Crippen molar-refractivity contribution in [3.8, 4) is 5.75 Å². The molecule has 1 aliphatic rings. The molecular weight excluding hydrogens is 328 g/mol. The smallest absolute Gasteiger partial charge is 0.410 e. The Balaban J connectivity index is 1.57. The van der Waals surface area contributed by atoms with Crippen LogP contribution in [0.15, 0.2) is 54.6 Å². The van der Waals surface area contributed by atoms with Crippen LogP contribution in [0.5, 0.6) is 5.75 Å². The third kappa shape index (κ3) is 3.68. The molecular formula is C18H17ClN2O3. The number of rotatable bonds is 2. The molecule has 0 N–H and O–H groups in total. The molecule has 6 heteroatoms. The molecule has 0 atom stereocenters. The number of benzene rings is 2. The van der Waals surface area contributed by atoms with Gasteiger partial charge in [-0.25, -0.2) is 4.79 Å². The minimum Gasteiger partial charge on any atom is -0.410 e. The van der Waals surface area contributed by atoms with Crippen LogP contribution in [0.25, 0.3) is 0 Å². The summed E-state index contributed by atoms with van der Waals surface area (Å²) in [5, 5.41) is 0.438. The lowest BCUT2D eigenvalue weighted by Crippen LogP contribution is -2.51. The molecule has 2 amide bonds. The summed E-state index contributed by atoms with van der Waals surface area (Å²) < 4.78 is 5.32. The van der Waals surface area contributed by atoms with Gasteiger partial charge in [0.25, 0.3) is 5.91 Å². The maximum absolute atomic E-state index is 12.5. The molecule has 1 saturated heterocycles. The van der Waals surface area contributed by atoms with Crippen molar-refractivity contribution in [2.75, 3.05) is 26.2 Å². The first-order chi connectivity index (χ1) is 11.6. The van der Waals surface area contributed by atoms with Gasteiger partial charge in [-0.3, -0.25) is 4.79 Å². The number of carbonyl (C=O) groups is 2. The second-order valence-corrected chi connectivity index (χ2v) is 5.85. The van der Waals surface area contributed by atoms with E-state index in [-0.39, 0.29) is 5.91 Å². The zero-order chi connectivity index (χ0) is 16.9. The number of hydrogen-bond donors (Lipinski definition) is 0. The average molecular weight is 345 g/mol. The van der Waals surface area contributed by atoms with Crippen LogP contribution in [0.4, 0.5) is 4.79 Å². The molecule has 124 valence electrons. The number of hydrogen-bond acceptors (Lipinski definition) is 3. The molecule has 0 spiro atoms. The molecule has 0 saturated carbocycles. The van der Waals surface area contributed by atoms with E-state index in [9.17, 15) is 9.59 Å². The van der Waals surface area contributed by atoms with E-state index in [1.54, 1.807) is 46.2 Å². The van der Waals surface area contributed by atoms with Crippen LogP contribution in [0.1, 0.15) is 10.4 Å². The minimum absolute atomic E-state index is 0.114. The second kappa shape index (κ2) is 7.36. The molecule has 24 heavy (non-hydrogen) atoms. The van der Waals surface area contributed by atoms with E-state index in [0.717, 1.165) is 0 Å². The maximum Gasteiger partial charge on any atom is 0.415 e. The molecule has 2 aromatic carbocycles. The fourth-order valence-corrected chi connectivity index (χ4v) is 2.77. The highest BCUT2D eigenvalue weighted by atomic mass is 35.5. The van der Waals surface area contributed by atoms with Gasteiger partial charge in [-0.2, -0.15) is 0 Å². The lowest BCUT2D eigenvalue weighted by Gasteiger charge is -2.34. The first kappa shape index (κ1) is 16.3. The minimum atomic E-state index is -0.397. The van der Waals surface area contributed by atoms with Gasteiger partial charge in [0.15, 0.2) is 0 Å². The third-order valence-electron chi connectivity index (χ3n) is 3.88. The molecule has 1 fully saturated rings. The summed E-state index contributed by atoms with van der Waals surface area (Å²) in [5.74, 6) is 0.397. The molecule has 3 rings (SSSR count). The molecule has 1 aliphatic heterocycles. The topological polar surface area (TPSA) is 49.9 Å². The second-order valence-electron chi connectivity index (χ2n) is 5.44. The van der Waals surface area contributed by atoms with Gasteiger partial charge in [0, 0.05) is 26.2 Å².